The molecular formula is C34H19Cl3F8N2O6. The van der Waals surface area contributed by atoms with E-state index in [1.807, 2.05) is 0 Å². The highest BCUT2D eigenvalue weighted by Gasteiger charge is 2.77. The Hall–Kier alpha value is -4.41. The number of aryl methyl sites for hydroxylation is 1. The number of hydrogen-bond donors (Lipinski definition) is 1. The van der Waals surface area contributed by atoms with Crippen molar-refractivity contribution in [1.82, 2.24) is 0 Å². The molecule has 1 saturated carbocycles. The zero-order valence-electron chi connectivity index (χ0n) is 26.3. The van der Waals surface area contributed by atoms with Crippen molar-refractivity contribution in [2.45, 2.75) is 41.8 Å². The fraction of sp³-hybridized carbons (Fsp3) is 0.294. The number of carbonyl (C=O) groups is 4. The number of benzene rings is 3. The number of anilines is 2. The molecule has 7 rings (SSSR count). The third-order valence-electron chi connectivity index (χ3n) is 10.2. The summed E-state index contributed by atoms with van der Waals surface area (Å²) in [5.74, 6) is -26.1. The summed E-state index contributed by atoms with van der Waals surface area (Å²) in [6.07, 6.45) is -5.13. The van der Waals surface area contributed by atoms with E-state index in [0.717, 1.165) is 4.90 Å². The van der Waals surface area contributed by atoms with Crippen LogP contribution < -0.4 is 14.5 Å². The van der Waals surface area contributed by atoms with Gasteiger partial charge in [0.2, 0.25) is 17.6 Å². The minimum Gasteiger partial charge on any atom is -0.508 e. The molecule has 53 heavy (non-hydrogen) atoms. The van der Waals surface area contributed by atoms with Gasteiger partial charge in [0.15, 0.2) is 33.0 Å². The van der Waals surface area contributed by atoms with Crippen LogP contribution in [0.2, 0.25) is 5.02 Å². The van der Waals surface area contributed by atoms with Crippen LogP contribution >= 0.6 is 34.8 Å². The maximum Gasteiger partial charge on any atom is 0.573 e. The second-order valence-electron chi connectivity index (χ2n) is 12.9. The van der Waals surface area contributed by atoms with Crippen molar-refractivity contribution in [3.8, 4) is 11.5 Å². The average Bonchev–Trinajstić information content (AvgIpc) is 3.43. The van der Waals surface area contributed by atoms with E-state index in [2.05, 4.69) is 4.74 Å². The summed E-state index contributed by atoms with van der Waals surface area (Å²) in [7, 11) is 0. The zero-order chi connectivity index (χ0) is 38.9. The number of imide groups is 2. The summed E-state index contributed by atoms with van der Waals surface area (Å²) in [6.45, 7) is 1.66. The average molecular weight is 810 g/mol. The van der Waals surface area contributed by atoms with Crippen LogP contribution in [-0.4, -0.2) is 44.8 Å². The van der Waals surface area contributed by atoms with Gasteiger partial charge in [-0.15, -0.1) is 36.4 Å². The first kappa shape index (κ1) is 36.9. The lowest BCUT2D eigenvalue weighted by atomic mass is 9.56. The van der Waals surface area contributed by atoms with Gasteiger partial charge in [-0.05, 0) is 61.6 Å². The Bertz CT molecular complexity index is 2210. The number of halogens is 11. The Labute approximate surface area is 307 Å². The summed E-state index contributed by atoms with van der Waals surface area (Å²) >= 11 is 20.2. The van der Waals surface area contributed by atoms with E-state index < -0.39 is 127 Å². The molecule has 0 spiro atoms. The molecule has 6 atom stereocenters. The van der Waals surface area contributed by atoms with Gasteiger partial charge >= 0.3 is 6.36 Å². The van der Waals surface area contributed by atoms with Gasteiger partial charge in [0.1, 0.15) is 17.2 Å². The molecule has 0 unspecified atom stereocenters. The predicted molar refractivity (Wildman–Crippen MR) is 170 cm³/mol. The van der Waals surface area contributed by atoms with Crippen molar-refractivity contribution in [3.05, 3.63) is 93.3 Å². The van der Waals surface area contributed by atoms with Crippen LogP contribution in [-0.2, 0) is 19.2 Å². The molecule has 19 heteroatoms. The maximum atomic E-state index is 15.2. The number of alkyl halides is 5. The third kappa shape index (κ3) is 5.08. The predicted octanol–water partition coefficient (Wildman–Crippen LogP) is 7.72. The molecule has 4 amide bonds. The zero-order valence-corrected chi connectivity index (χ0v) is 28.6. The minimum absolute atomic E-state index is 0.0606. The molecule has 2 heterocycles. The summed E-state index contributed by atoms with van der Waals surface area (Å²) in [5.41, 5.74) is -2.16. The van der Waals surface area contributed by atoms with Crippen molar-refractivity contribution in [2.24, 2.45) is 17.8 Å². The van der Waals surface area contributed by atoms with Gasteiger partial charge in [-0.2, -0.15) is 0 Å². The van der Waals surface area contributed by atoms with Crippen molar-refractivity contribution in [3.63, 3.8) is 0 Å². The normalized spacial score (nSPS) is 28.3. The number of aromatic hydroxyl groups is 1. The molecule has 2 aliphatic heterocycles. The number of hydrogen-bond acceptors (Lipinski definition) is 6. The third-order valence-corrected chi connectivity index (χ3v) is 12.0. The molecule has 3 aromatic rings. The van der Waals surface area contributed by atoms with E-state index in [0.29, 0.717) is 23.8 Å². The van der Waals surface area contributed by atoms with Gasteiger partial charge in [0, 0.05) is 16.5 Å². The van der Waals surface area contributed by atoms with Crippen molar-refractivity contribution in [1.29, 1.82) is 0 Å². The monoisotopic (exact) mass is 808 g/mol. The van der Waals surface area contributed by atoms with Gasteiger partial charge in [-0.3, -0.25) is 19.2 Å². The Morgan fingerprint density at radius 1 is 0.830 bits per heavy atom. The smallest absolute Gasteiger partial charge is 0.508 e. The lowest BCUT2D eigenvalue weighted by molar-refractivity contribution is -0.274. The molecule has 8 nitrogen and oxygen atoms in total. The number of ether oxygens (including phenoxy) is 1. The topological polar surface area (TPSA) is 104 Å². The first-order valence-electron chi connectivity index (χ1n) is 15.4. The second kappa shape index (κ2) is 12.0. The van der Waals surface area contributed by atoms with Crippen molar-refractivity contribution < 1.29 is 64.1 Å². The SMILES string of the molecule is Cc1ccc(N2C(=O)[C@H]3[C@H](CC=C4[C@H]3C[C@@]3(Cl)C(=O)N(c5c(F)c(F)c(F)c(F)c5F)C(=O)[C@@]3(Cl)[C@H]4c3cc(OC(F)(F)F)ccc3O)C2=O)cc1Cl. The van der Waals surface area contributed by atoms with E-state index in [4.69, 9.17) is 34.8 Å². The molecule has 4 aliphatic rings. The highest BCUT2D eigenvalue weighted by atomic mass is 35.5. The van der Waals surface area contributed by atoms with Gasteiger partial charge in [0.25, 0.3) is 11.8 Å². The molecule has 0 radical (unpaired) electrons. The number of rotatable bonds is 4. The fourth-order valence-electron chi connectivity index (χ4n) is 7.85. The van der Waals surface area contributed by atoms with E-state index in [1.165, 1.54) is 24.3 Å². The summed E-state index contributed by atoms with van der Waals surface area (Å²) < 4.78 is 117. The van der Waals surface area contributed by atoms with Gasteiger partial charge in [0.05, 0.1) is 17.5 Å². The molecule has 0 bridgehead atoms. The molecule has 2 aliphatic carbocycles. The number of amides is 4. The Balaban J connectivity index is 1.45. The van der Waals surface area contributed by atoms with E-state index in [9.17, 15) is 50.6 Å². The lowest BCUT2D eigenvalue weighted by Crippen LogP contribution is -2.60. The highest BCUT2D eigenvalue weighted by Crippen LogP contribution is 2.67. The summed E-state index contributed by atoms with van der Waals surface area (Å²) in [5, 5.41) is 11.3. The maximum absolute atomic E-state index is 15.2. The first-order chi connectivity index (χ1) is 24.7. The number of nitrogens with zero attached hydrogens (tertiary/aromatic N) is 2. The van der Waals surface area contributed by atoms with Crippen molar-refractivity contribution in [2.75, 3.05) is 9.80 Å². The van der Waals surface area contributed by atoms with Gasteiger partial charge in [-0.1, -0.05) is 29.3 Å². The Morgan fingerprint density at radius 2 is 1.45 bits per heavy atom. The van der Waals surface area contributed by atoms with Crippen LogP contribution in [0.15, 0.2) is 48.0 Å². The van der Waals surface area contributed by atoms with Crippen LogP contribution in [0.25, 0.3) is 0 Å². The Morgan fingerprint density at radius 3 is 2.06 bits per heavy atom. The van der Waals surface area contributed by atoms with Crippen molar-refractivity contribution >= 4 is 69.8 Å². The highest BCUT2D eigenvalue weighted by molar-refractivity contribution is 6.58. The second-order valence-corrected chi connectivity index (χ2v) is 14.6. The van der Waals surface area contributed by atoms with E-state index in [-0.39, 0.29) is 22.7 Å². The van der Waals surface area contributed by atoms with E-state index >= 15 is 8.78 Å². The minimum atomic E-state index is -5.30. The van der Waals surface area contributed by atoms with Gasteiger partial charge < -0.3 is 9.84 Å². The quantitative estimate of drug-likeness (QED) is 0.0724. The number of allylic oxidation sites excluding steroid dienone is 2. The van der Waals surface area contributed by atoms with E-state index in [1.54, 1.807) is 6.92 Å². The lowest BCUT2D eigenvalue weighted by Gasteiger charge is -2.50. The largest absolute Gasteiger partial charge is 0.573 e. The molecule has 278 valence electrons. The molecule has 3 fully saturated rings. The number of phenolic OH excluding ortho intramolecular Hbond substituents is 1. The number of phenols is 1. The summed E-state index contributed by atoms with van der Waals surface area (Å²) in [6, 6.07) is 6.29. The molecule has 3 aromatic carbocycles. The number of fused-ring (bicyclic) bond motifs is 4. The van der Waals surface area contributed by atoms with Crippen LogP contribution in [0.4, 0.5) is 46.5 Å². The van der Waals surface area contributed by atoms with Crippen LogP contribution in [0, 0.1) is 53.8 Å². The van der Waals surface area contributed by atoms with Crippen LogP contribution in [0.5, 0.6) is 11.5 Å². The van der Waals surface area contributed by atoms with Crippen LogP contribution in [0.3, 0.4) is 0 Å². The molecular weight excluding hydrogens is 791 g/mol. The number of carbonyl (C=O) groups excluding carboxylic acids is 4. The molecule has 1 N–H and O–H groups in total. The Kier molecular flexibility index (Phi) is 8.40. The van der Waals surface area contributed by atoms with Crippen LogP contribution in [0.1, 0.15) is 29.9 Å². The molecule has 2 saturated heterocycles. The summed E-state index contributed by atoms with van der Waals surface area (Å²) in [4.78, 5) is 50.9. The van der Waals surface area contributed by atoms with Gasteiger partial charge in [-0.25, -0.2) is 31.8 Å². The first-order valence-corrected chi connectivity index (χ1v) is 16.5. The fourth-order valence-corrected chi connectivity index (χ4v) is 8.95. The standard InChI is InChI=1S/C34H19Cl3F8N2O6/c1-11-2-3-12(8-18(11)35)46-28(49)15-6-5-14-17(20(15)29(46)50)10-32(36)30(51)47(27-25(41)23(39)22(38)24(40)26(27)42)31(52)33(32,37)21(14)16-9-13(4-7-19(16)48)53-34(43,44)45/h2-5,7-9,15,17,20-21,48H,6,10H2,1H3/t15-,17+,20-,21+,32+,33-/m0/s1. The molecule has 0 aromatic heterocycles.